The van der Waals surface area contributed by atoms with Crippen LogP contribution in [-0.4, -0.2) is 23.9 Å². The zero-order chi connectivity index (χ0) is 12.1. The van der Waals surface area contributed by atoms with Gasteiger partial charge < -0.3 is 9.84 Å². The van der Waals surface area contributed by atoms with E-state index in [-0.39, 0.29) is 11.7 Å². The molecule has 0 bridgehead atoms. The van der Waals surface area contributed by atoms with Crippen LogP contribution in [0.2, 0.25) is 0 Å². The van der Waals surface area contributed by atoms with Gasteiger partial charge in [-0.15, -0.1) is 0 Å². The van der Waals surface area contributed by atoms with Crippen LogP contribution in [-0.2, 0) is 11.2 Å². The van der Waals surface area contributed by atoms with Crippen molar-refractivity contribution in [2.75, 3.05) is 7.11 Å². The highest BCUT2D eigenvalue weighted by Gasteiger charge is 2.38. The third kappa shape index (κ3) is 3.09. The number of hydrogen-bond acceptors (Lipinski definition) is 3. The Morgan fingerprint density at radius 1 is 1.35 bits per heavy atom. The first kappa shape index (κ1) is 13.1. The number of aliphatic hydroxyl groups excluding tert-OH is 1. The molecule has 2 nitrogen and oxygen atoms in total. The molecule has 1 saturated carbocycles. The third-order valence-corrected chi connectivity index (χ3v) is 4.70. The van der Waals surface area contributed by atoms with Crippen molar-refractivity contribution in [2.45, 2.75) is 56.7 Å². The van der Waals surface area contributed by atoms with Gasteiger partial charge in [0.2, 0.25) is 0 Å². The van der Waals surface area contributed by atoms with E-state index in [0.717, 1.165) is 19.3 Å². The summed E-state index contributed by atoms with van der Waals surface area (Å²) in [5, 5.41) is 14.7. The smallest absolute Gasteiger partial charge is 0.0939 e. The van der Waals surface area contributed by atoms with Crippen molar-refractivity contribution in [2.24, 2.45) is 0 Å². The monoisotopic (exact) mass is 254 g/mol. The molecule has 1 heterocycles. The van der Waals surface area contributed by atoms with E-state index in [2.05, 4.69) is 16.8 Å². The molecule has 1 N–H and O–H groups in total. The molecule has 0 aromatic carbocycles. The van der Waals surface area contributed by atoms with Gasteiger partial charge in [-0.1, -0.05) is 25.7 Å². The van der Waals surface area contributed by atoms with E-state index in [9.17, 15) is 5.11 Å². The van der Waals surface area contributed by atoms with Crippen LogP contribution < -0.4 is 0 Å². The van der Waals surface area contributed by atoms with E-state index >= 15 is 0 Å². The summed E-state index contributed by atoms with van der Waals surface area (Å²) in [6, 6.07) is 2.09. The lowest BCUT2D eigenvalue weighted by molar-refractivity contribution is -0.111. The topological polar surface area (TPSA) is 29.5 Å². The van der Waals surface area contributed by atoms with Gasteiger partial charge in [-0.25, -0.2) is 0 Å². The molecule has 0 radical (unpaired) electrons. The molecule has 1 aliphatic carbocycles. The van der Waals surface area contributed by atoms with Crippen molar-refractivity contribution < 1.29 is 9.84 Å². The molecule has 1 atom stereocenters. The molecule has 17 heavy (non-hydrogen) atoms. The number of hydrogen-bond donors (Lipinski definition) is 1. The van der Waals surface area contributed by atoms with Crippen molar-refractivity contribution in [1.29, 1.82) is 0 Å². The van der Waals surface area contributed by atoms with E-state index in [1.807, 2.05) is 0 Å². The van der Waals surface area contributed by atoms with Gasteiger partial charge in [0, 0.05) is 13.5 Å². The van der Waals surface area contributed by atoms with E-state index in [0.29, 0.717) is 0 Å². The maximum atomic E-state index is 10.5. The molecule has 1 aromatic rings. The first-order chi connectivity index (χ1) is 8.27. The van der Waals surface area contributed by atoms with Crippen LogP contribution in [0.4, 0.5) is 0 Å². The molecular weight excluding hydrogens is 232 g/mol. The molecular formula is C14H22O2S. The summed E-state index contributed by atoms with van der Waals surface area (Å²) < 4.78 is 5.72. The fourth-order valence-electron chi connectivity index (χ4n) is 2.82. The van der Waals surface area contributed by atoms with E-state index in [1.165, 1.54) is 31.2 Å². The molecule has 3 heteroatoms. The lowest BCUT2D eigenvalue weighted by Crippen LogP contribution is -2.45. The number of thiophene rings is 1. The molecule has 0 saturated heterocycles. The highest BCUT2D eigenvalue weighted by Crippen LogP contribution is 2.34. The summed E-state index contributed by atoms with van der Waals surface area (Å²) in [6.07, 6.45) is 7.23. The number of methoxy groups -OCH3 is 1. The van der Waals surface area contributed by atoms with Crippen molar-refractivity contribution >= 4 is 11.3 Å². The fraction of sp³-hybridized carbons (Fsp3) is 0.714. The highest BCUT2D eigenvalue weighted by atomic mass is 32.1. The predicted molar refractivity (Wildman–Crippen MR) is 71.5 cm³/mol. The number of rotatable bonds is 4. The normalized spacial score (nSPS) is 22.0. The van der Waals surface area contributed by atoms with Crippen LogP contribution in [0.15, 0.2) is 16.8 Å². The fourth-order valence-corrected chi connectivity index (χ4v) is 3.50. The zero-order valence-electron chi connectivity index (χ0n) is 10.5. The summed E-state index contributed by atoms with van der Waals surface area (Å²) >= 11 is 1.69. The van der Waals surface area contributed by atoms with Crippen LogP contribution >= 0.6 is 11.3 Å². The molecule has 1 fully saturated rings. The average molecular weight is 254 g/mol. The summed E-state index contributed by atoms with van der Waals surface area (Å²) in [5.74, 6) is 0. The molecule has 0 aliphatic heterocycles. The van der Waals surface area contributed by atoms with Crippen LogP contribution in [0.25, 0.3) is 0 Å². The van der Waals surface area contributed by atoms with Gasteiger partial charge in [-0.3, -0.25) is 0 Å². The number of ether oxygens (including phenoxy) is 1. The van der Waals surface area contributed by atoms with Gasteiger partial charge in [-0.05, 0) is 35.2 Å². The lowest BCUT2D eigenvalue weighted by Gasteiger charge is -2.36. The second-order valence-corrected chi connectivity index (χ2v) is 5.81. The Morgan fingerprint density at radius 3 is 2.59 bits per heavy atom. The van der Waals surface area contributed by atoms with Gasteiger partial charge in [0.1, 0.15) is 0 Å². The Balaban J connectivity index is 2.04. The Bertz CT molecular complexity index is 313. The highest BCUT2D eigenvalue weighted by molar-refractivity contribution is 7.07. The molecule has 96 valence electrons. The van der Waals surface area contributed by atoms with Crippen molar-refractivity contribution in [3.8, 4) is 0 Å². The minimum absolute atomic E-state index is 0.307. The Kier molecular flexibility index (Phi) is 4.60. The van der Waals surface area contributed by atoms with Gasteiger partial charge >= 0.3 is 0 Å². The van der Waals surface area contributed by atoms with Gasteiger partial charge in [0.25, 0.3) is 0 Å². The summed E-state index contributed by atoms with van der Waals surface area (Å²) in [6.45, 7) is 0. The maximum Gasteiger partial charge on any atom is 0.0939 e. The Hall–Kier alpha value is -0.380. The molecule has 1 unspecified atom stereocenters. The first-order valence-corrected chi connectivity index (χ1v) is 7.45. The van der Waals surface area contributed by atoms with Crippen molar-refractivity contribution in [1.82, 2.24) is 0 Å². The minimum Gasteiger partial charge on any atom is -0.390 e. The SMILES string of the molecule is COC1(C(O)Cc2ccsc2)CCCCCC1. The molecule has 0 spiro atoms. The summed E-state index contributed by atoms with van der Waals surface area (Å²) in [4.78, 5) is 0. The molecule has 1 aromatic heterocycles. The second-order valence-electron chi connectivity index (χ2n) is 5.03. The van der Waals surface area contributed by atoms with Crippen molar-refractivity contribution in [3.63, 3.8) is 0 Å². The largest absolute Gasteiger partial charge is 0.390 e. The lowest BCUT2D eigenvalue weighted by atomic mass is 9.85. The molecule has 0 amide bonds. The van der Waals surface area contributed by atoms with E-state index < -0.39 is 0 Å². The molecule has 1 aliphatic rings. The van der Waals surface area contributed by atoms with Crippen LogP contribution in [0.5, 0.6) is 0 Å². The maximum absolute atomic E-state index is 10.5. The Morgan fingerprint density at radius 2 is 2.06 bits per heavy atom. The van der Waals surface area contributed by atoms with E-state index in [4.69, 9.17) is 4.74 Å². The van der Waals surface area contributed by atoms with Crippen LogP contribution in [0, 0.1) is 0 Å². The third-order valence-electron chi connectivity index (χ3n) is 3.97. The Labute approximate surface area is 108 Å². The van der Waals surface area contributed by atoms with Gasteiger partial charge in [-0.2, -0.15) is 11.3 Å². The van der Waals surface area contributed by atoms with Gasteiger partial charge in [0.15, 0.2) is 0 Å². The zero-order valence-corrected chi connectivity index (χ0v) is 11.3. The second kappa shape index (κ2) is 5.98. The molecule has 2 rings (SSSR count). The van der Waals surface area contributed by atoms with E-state index in [1.54, 1.807) is 18.4 Å². The average Bonchev–Trinajstić information content (AvgIpc) is 2.72. The van der Waals surface area contributed by atoms with Crippen LogP contribution in [0.1, 0.15) is 44.1 Å². The first-order valence-electron chi connectivity index (χ1n) is 6.51. The number of aliphatic hydroxyl groups is 1. The predicted octanol–water partition coefficient (Wildman–Crippen LogP) is 3.39. The van der Waals surface area contributed by atoms with Crippen LogP contribution in [0.3, 0.4) is 0 Å². The quantitative estimate of drug-likeness (QED) is 0.835. The standard InChI is InChI=1S/C14H22O2S/c1-16-14(7-4-2-3-5-8-14)13(15)10-12-6-9-17-11-12/h6,9,11,13,15H,2-5,7-8,10H2,1H3. The summed E-state index contributed by atoms with van der Waals surface area (Å²) in [7, 11) is 1.75. The summed E-state index contributed by atoms with van der Waals surface area (Å²) in [5.41, 5.74) is 0.918. The van der Waals surface area contributed by atoms with Crippen molar-refractivity contribution in [3.05, 3.63) is 22.4 Å². The minimum atomic E-state index is -0.375. The van der Waals surface area contributed by atoms with Gasteiger partial charge in [0.05, 0.1) is 11.7 Å².